The third-order valence-electron chi connectivity index (χ3n) is 4.63. The molecule has 2 aliphatic heterocycles. The molecule has 5 heteroatoms. The first kappa shape index (κ1) is 14.7. The first-order valence-electron chi connectivity index (χ1n) is 7.75. The first-order valence-corrected chi connectivity index (χ1v) is 8.13. The van der Waals surface area contributed by atoms with Crippen molar-refractivity contribution in [3.63, 3.8) is 0 Å². The molecule has 2 heterocycles. The summed E-state index contributed by atoms with van der Waals surface area (Å²) in [6.45, 7) is 0.880. The van der Waals surface area contributed by atoms with Crippen molar-refractivity contribution < 1.29 is 9.18 Å². The summed E-state index contributed by atoms with van der Waals surface area (Å²) >= 11 is 6.15. The molecule has 118 valence electrons. The highest BCUT2D eigenvalue weighted by molar-refractivity contribution is 6.30. The predicted molar refractivity (Wildman–Crippen MR) is 87.8 cm³/mol. The minimum Gasteiger partial charge on any atom is -0.291 e. The fourth-order valence-corrected chi connectivity index (χ4v) is 3.85. The predicted octanol–water partition coefficient (Wildman–Crippen LogP) is 3.99. The Labute approximate surface area is 139 Å². The van der Waals surface area contributed by atoms with Crippen LogP contribution in [0.4, 0.5) is 10.1 Å². The van der Waals surface area contributed by atoms with E-state index in [2.05, 4.69) is 4.90 Å². The number of hydrogen-bond donors (Lipinski definition) is 0. The highest BCUT2D eigenvalue weighted by atomic mass is 35.5. The van der Waals surface area contributed by atoms with Crippen molar-refractivity contribution in [2.24, 2.45) is 0 Å². The number of anilines is 1. The summed E-state index contributed by atoms with van der Waals surface area (Å²) in [4.78, 5) is 16.9. The van der Waals surface area contributed by atoms with Gasteiger partial charge in [-0.3, -0.25) is 14.6 Å². The third kappa shape index (κ3) is 2.42. The molecular formula is C18H16ClFN2O. The normalized spacial score (nSPS) is 24.3. The van der Waals surface area contributed by atoms with E-state index in [1.807, 2.05) is 24.3 Å². The van der Waals surface area contributed by atoms with Crippen LogP contribution in [0.15, 0.2) is 48.5 Å². The topological polar surface area (TPSA) is 23.6 Å². The molecule has 23 heavy (non-hydrogen) atoms. The van der Waals surface area contributed by atoms with Gasteiger partial charge in [0.25, 0.3) is 0 Å². The number of carbonyl (C=O) groups excluding carboxylic acids is 1. The number of rotatable bonds is 2. The average Bonchev–Trinajstić information content (AvgIpc) is 3.11. The monoisotopic (exact) mass is 330 g/mol. The third-order valence-corrected chi connectivity index (χ3v) is 4.86. The number of nitrogens with zero attached hydrogens (tertiary/aromatic N) is 2. The van der Waals surface area contributed by atoms with Gasteiger partial charge in [0, 0.05) is 17.3 Å². The zero-order chi connectivity index (χ0) is 16.0. The van der Waals surface area contributed by atoms with E-state index in [4.69, 9.17) is 11.6 Å². The lowest BCUT2D eigenvalue weighted by atomic mass is 10.1. The maximum absolute atomic E-state index is 13.2. The standard InChI is InChI=1S/C18H16ClFN2O/c19-13-4-1-3-12(11-13)17-21-10-2-5-16(21)18(23)22(17)15-8-6-14(20)7-9-15/h1,3-4,6-9,11,16-17H,2,5,10H2. The van der Waals surface area contributed by atoms with E-state index in [0.717, 1.165) is 30.6 Å². The summed E-state index contributed by atoms with van der Waals surface area (Å²) in [6.07, 6.45) is 1.71. The van der Waals surface area contributed by atoms with Crippen LogP contribution in [0.25, 0.3) is 0 Å². The van der Waals surface area contributed by atoms with Crippen LogP contribution in [0.1, 0.15) is 24.6 Å². The van der Waals surface area contributed by atoms with Crippen molar-refractivity contribution in [1.82, 2.24) is 4.90 Å². The Morgan fingerprint density at radius 2 is 1.91 bits per heavy atom. The number of hydrogen-bond acceptors (Lipinski definition) is 2. The van der Waals surface area contributed by atoms with Gasteiger partial charge in [-0.05, 0) is 54.8 Å². The van der Waals surface area contributed by atoms with Gasteiger partial charge in [0.05, 0.1) is 6.04 Å². The molecule has 0 N–H and O–H groups in total. The van der Waals surface area contributed by atoms with Crippen molar-refractivity contribution in [3.8, 4) is 0 Å². The van der Waals surface area contributed by atoms with Gasteiger partial charge in [0.2, 0.25) is 5.91 Å². The molecule has 2 saturated heterocycles. The first-order chi connectivity index (χ1) is 11.1. The Balaban J connectivity index is 1.81. The quantitative estimate of drug-likeness (QED) is 0.831. The van der Waals surface area contributed by atoms with Gasteiger partial charge < -0.3 is 0 Å². The summed E-state index contributed by atoms with van der Waals surface area (Å²) in [5.41, 5.74) is 1.70. The second-order valence-electron chi connectivity index (χ2n) is 6.01. The molecule has 0 aromatic heterocycles. The lowest BCUT2D eigenvalue weighted by Gasteiger charge is -2.29. The van der Waals surface area contributed by atoms with E-state index in [0.29, 0.717) is 5.02 Å². The van der Waals surface area contributed by atoms with E-state index in [9.17, 15) is 9.18 Å². The summed E-state index contributed by atoms with van der Waals surface area (Å²) < 4.78 is 13.2. The van der Waals surface area contributed by atoms with Crippen LogP contribution in [-0.4, -0.2) is 23.4 Å². The molecule has 0 radical (unpaired) electrons. The number of carbonyl (C=O) groups is 1. The second kappa shape index (κ2) is 5.62. The molecule has 0 saturated carbocycles. The van der Waals surface area contributed by atoms with Gasteiger partial charge in [0.15, 0.2) is 0 Å². The summed E-state index contributed by atoms with van der Waals surface area (Å²) in [5.74, 6) is -0.223. The molecule has 3 nitrogen and oxygen atoms in total. The Hall–Kier alpha value is -1.91. The van der Waals surface area contributed by atoms with Gasteiger partial charge in [-0.25, -0.2) is 4.39 Å². The molecule has 2 aliphatic rings. The van der Waals surface area contributed by atoms with Gasteiger partial charge in [-0.2, -0.15) is 0 Å². The Morgan fingerprint density at radius 1 is 1.13 bits per heavy atom. The van der Waals surface area contributed by atoms with Crippen molar-refractivity contribution in [2.75, 3.05) is 11.4 Å². The van der Waals surface area contributed by atoms with Crippen LogP contribution in [0.2, 0.25) is 5.02 Å². The van der Waals surface area contributed by atoms with E-state index < -0.39 is 0 Å². The molecule has 2 aromatic carbocycles. The average molecular weight is 331 g/mol. The molecular weight excluding hydrogens is 315 g/mol. The van der Waals surface area contributed by atoms with E-state index >= 15 is 0 Å². The lowest BCUT2D eigenvalue weighted by Crippen LogP contribution is -2.32. The number of benzene rings is 2. The highest BCUT2D eigenvalue weighted by Crippen LogP contribution is 2.42. The van der Waals surface area contributed by atoms with Crippen LogP contribution in [-0.2, 0) is 4.79 Å². The van der Waals surface area contributed by atoms with Crippen LogP contribution < -0.4 is 4.90 Å². The molecule has 2 unspecified atom stereocenters. The number of fused-ring (bicyclic) bond motifs is 1. The highest BCUT2D eigenvalue weighted by Gasteiger charge is 2.49. The van der Waals surface area contributed by atoms with Crippen molar-refractivity contribution >= 4 is 23.2 Å². The van der Waals surface area contributed by atoms with Gasteiger partial charge in [0.1, 0.15) is 12.0 Å². The molecule has 0 bridgehead atoms. The van der Waals surface area contributed by atoms with Crippen LogP contribution in [0.5, 0.6) is 0 Å². The smallest absolute Gasteiger partial charge is 0.246 e. The van der Waals surface area contributed by atoms with Crippen molar-refractivity contribution in [2.45, 2.75) is 25.0 Å². The fourth-order valence-electron chi connectivity index (χ4n) is 3.65. The Morgan fingerprint density at radius 3 is 2.65 bits per heavy atom. The molecule has 2 aromatic rings. The zero-order valence-electron chi connectivity index (χ0n) is 12.5. The summed E-state index contributed by atoms with van der Waals surface area (Å²) in [7, 11) is 0. The van der Waals surface area contributed by atoms with Gasteiger partial charge in [-0.1, -0.05) is 23.7 Å². The molecule has 0 spiro atoms. The van der Waals surface area contributed by atoms with Crippen LogP contribution in [0, 0.1) is 5.82 Å². The maximum Gasteiger partial charge on any atom is 0.246 e. The van der Waals surface area contributed by atoms with Crippen LogP contribution >= 0.6 is 11.6 Å². The molecule has 4 rings (SSSR count). The van der Waals surface area contributed by atoms with Crippen molar-refractivity contribution in [3.05, 3.63) is 64.9 Å². The number of halogens is 2. The summed E-state index contributed by atoms with van der Waals surface area (Å²) in [6, 6.07) is 13.6. The van der Waals surface area contributed by atoms with Gasteiger partial charge >= 0.3 is 0 Å². The minimum absolute atomic E-state index is 0.0825. The van der Waals surface area contributed by atoms with E-state index in [1.165, 1.54) is 12.1 Å². The van der Waals surface area contributed by atoms with E-state index in [-0.39, 0.29) is 23.9 Å². The second-order valence-corrected chi connectivity index (χ2v) is 6.45. The van der Waals surface area contributed by atoms with Crippen LogP contribution in [0.3, 0.4) is 0 Å². The Kier molecular flexibility index (Phi) is 3.58. The molecule has 0 aliphatic carbocycles. The fraction of sp³-hybridized carbons (Fsp3) is 0.278. The van der Waals surface area contributed by atoms with Crippen molar-refractivity contribution in [1.29, 1.82) is 0 Å². The minimum atomic E-state index is -0.305. The molecule has 1 amide bonds. The molecule has 2 atom stereocenters. The largest absolute Gasteiger partial charge is 0.291 e. The lowest BCUT2D eigenvalue weighted by molar-refractivity contribution is -0.119. The molecule has 2 fully saturated rings. The zero-order valence-corrected chi connectivity index (χ0v) is 13.2. The number of amides is 1. The Bertz CT molecular complexity index is 749. The SMILES string of the molecule is O=C1C2CCCN2C(c2cccc(Cl)c2)N1c1ccc(F)cc1. The van der Waals surface area contributed by atoms with E-state index in [1.54, 1.807) is 17.0 Å². The summed E-state index contributed by atoms with van der Waals surface area (Å²) in [5, 5.41) is 0.650. The maximum atomic E-state index is 13.2. The van der Waals surface area contributed by atoms with Gasteiger partial charge in [-0.15, -0.1) is 0 Å².